The van der Waals surface area contributed by atoms with Gasteiger partial charge in [-0.25, -0.2) is 0 Å². The molecule has 1 amide bonds. The first-order valence-electron chi connectivity index (χ1n) is 6.65. The van der Waals surface area contributed by atoms with Gasteiger partial charge in [0.1, 0.15) is 0 Å². The minimum atomic E-state index is 0. The van der Waals surface area contributed by atoms with Gasteiger partial charge in [0.05, 0.1) is 0 Å². The number of nitrogens with two attached hydrogens (primary N) is 1. The standard InChI is InChI=1S/C14H20ClN3O.ClH/c15-12-2-1-3-13(8-12)17-14(19)5-7-18-6-4-11(9-16)10-18;/h1-3,8,11H,4-7,9-10,16H2,(H,17,19);1H. The summed E-state index contributed by atoms with van der Waals surface area (Å²) in [5, 5.41) is 3.49. The first kappa shape index (κ1) is 17.2. The van der Waals surface area contributed by atoms with E-state index in [4.69, 9.17) is 17.3 Å². The molecule has 1 aliphatic heterocycles. The predicted octanol–water partition coefficient (Wildman–Crippen LogP) is 2.37. The lowest BCUT2D eigenvalue weighted by atomic mass is 10.1. The summed E-state index contributed by atoms with van der Waals surface area (Å²) >= 11 is 5.87. The van der Waals surface area contributed by atoms with Gasteiger partial charge in [0.25, 0.3) is 0 Å². The van der Waals surface area contributed by atoms with Crippen LogP contribution in [0, 0.1) is 5.92 Å². The Hall–Kier alpha value is -0.810. The molecule has 0 radical (unpaired) electrons. The van der Waals surface area contributed by atoms with Crippen molar-refractivity contribution in [1.29, 1.82) is 0 Å². The van der Waals surface area contributed by atoms with Crippen LogP contribution in [0.25, 0.3) is 0 Å². The molecule has 3 N–H and O–H groups in total. The summed E-state index contributed by atoms with van der Waals surface area (Å²) in [6, 6.07) is 7.20. The molecule has 1 heterocycles. The molecule has 1 aromatic rings. The number of amides is 1. The average Bonchev–Trinajstić information content (AvgIpc) is 2.84. The molecule has 1 fully saturated rings. The van der Waals surface area contributed by atoms with Gasteiger partial charge in [0, 0.05) is 30.2 Å². The van der Waals surface area contributed by atoms with Crippen LogP contribution < -0.4 is 11.1 Å². The summed E-state index contributed by atoms with van der Waals surface area (Å²) in [4.78, 5) is 14.1. The van der Waals surface area contributed by atoms with Crippen molar-refractivity contribution in [3.05, 3.63) is 29.3 Å². The Labute approximate surface area is 131 Å². The number of nitrogens with zero attached hydrogens (tertiary/aromatic N) is 1. The van der Waals surface area contributed by atoms with E-state index in [2.05, 4.69) is 10.2 Å². The van der Waals surface area contributed by atoms with Crippen LogP contribution in [0.5, 0.6) is 0 Å². The minimum Gasteiger partial charge on any atom is -0.330 e. The molecular formula is C14H21Cl2N3O. The molecule has 1 aliphatic rings. The van der Waals surface area contributed by atoms with Gasteiger partial charge in [-0.3, -0.25) is 4.79 Å². The van der Waals surface area contributed by atoms with Gasteiger partial charge >= 0.3 is 0 Å². The molecule has 0 saturated carbocycles. The maximum absolute atomic E-state index is 11.8. The summed E-state index contributed by atoms with van der Waals surface area (Å²) in [7, 11) is 0. The van der Waals surface area contributed by atoms with Gasteiger partial charge < -0.3 is 16.0 Å². The summed E-state index contributed by atoms with van der Waals surface area (Å²) in [5.74, 6) is 0.620. The number of carbonyl (C=O) groups excluding carboxylic acids is 1. The van der Waals surface area contributed by atoms with E-state index in [9.17, 15) is 4.79 Å². The summed E-state index contributed by atoms with van der Waals surface area (Å²) in [5.41, 5.74) is 6.40. The number of carbonyl (C=O) groups is 1. The van der Waals surface area contributed by atoms with Gasteiger partial charge in [0.15, 0.2) is 0 Å². The number of rotatable bonds is 5. The van der Waals surface area contributed by atoms with Crippen molar-refractivity contribution in [1.82, 2.24) is 4.90 Å². The molecule has 6 heteroatoms. The van der Waals surface area contributed by atoms with Gasteiger partial charge in [-0.15, -0.1) is 12.4 Å². The van der Waals surface area contributed by atoms with Crippen molar-refractivity contribution >= 4 is 35.6 Å². The van der Waals surface area contributed by atoms with E-state index >= 15 is 0 Å². The Morgan fingerprint density at radius 1 is 1.50 bits per heavy atom. The van der Waals surface area contributed by atoms with Gasteiger partial charge in [-0.05, 0) is 43.6 Å². The van der Waals surface area contributed by atoms with Crippen LogP contribution in [-0.4, -0.2) is 37.0 Å². The summed E-state index contributed by atoms with van der Waals surface area (Å²) in [6.45, 7) is 3.60. The second-order valence-corrected chi connectivity index (χ2v) is 5.44. The quantitative estimate of drug-likeness (QED) is 0.876. The zero-order chi connectivity index (χ0) is 13.7. The first-order chi connectivity index (χ1) is 9.17. The molecule has 2 rings (SSSR count). The molecule has 1 atom stereocenters. The lowest BCUT2D eigenvalue weighted by Gasteiger charge is -2.15. The average molecular weight is 318 g/mol. The van der Waals surface area contributed by atoms with Crippen LogP contribution in [0.3, 0.4) is 0 Å². The Morgan fingerprint density at radius 2 is 2.30 bits per heavy atom. The van der Waals surface area contributed by atoms with Crippen molar-refractivity contribution in [2.75, 3.05) is 31.5 Å². The highest BCUT2D eigenvalue weighted by molar-refractivity contribution is 6.30. The number of hydrogen-bond donors (Lipinski definition) is 2. The van der Waals surface area contributed by atoms with E-state index in [1.54, 1.807) is 12.1 Å². The largest absolute Gasteiger partial charge is 0.330 e. The Balaban J connectivity index is 0.00000200. The number of benzene rings is 1. The molecule has 112 valence electrons. The Kier molecular flexibility index (Phi) is 7.30. The number of halogens is 2. The lowest BCUT2D eigenvalue weighted by Crippen LogP contribution is -2.27. The van der Waals surface area contributed by atoms with Crippen molar-refractivity contribution in [3.8, 4) is 0 Å². The van der Waals surface area contributed by atoms with Crippen molar-refractivity contribution in [2.45, 2.75) is 12.8 Å². The second-order valence-electron chi connectivity index (χ2n) is 5.00. The van der Waals surface area contributed by atoms with Crippen LogP contribution in [0.1, 0.15) is 12.8 Å². The number of hydrogen-bond acceptors (Lipinski definition) is 3. The van der Waals surface area contributed by atoms with Crippen molar-refractivity contribution in [3.63, 3.8) is 0 Å². The smallest absolute Gasteiger partial charge is 0.225 e. The fourth-order valence-electron chi connectivity index (χ4n) is 2.36. The predicted molar refractivity (Wildman–Crippen MR) is 85.5 cm³/mol. The third-order valence-electron chi connectivity index (χ3n) is 3.47. The highest BCUT2D eigenvalue weighted by atomic mass is 35.5. The van der Waals surface area contributed by atoms with Gasteiger partial charge in [-0.1, -0.05) is 17.7 Å². The van der Waals surface area contributed by atoms with Crippen molar-refractivity contribution in [2.24, 2.45) is 11.7 Å². The third-order valence-corrected chi connectivity index (χ3v) is 3.70. The first-order valence-corrected chi connectivity index (χ1v) is 7.03. The van der Waals surface area contributed by atoms with E-state index in [-0.39, 0.29) is 18.3 Å². The van der Waals surface area contributed by atoms with E-state index in [1.165, 1.54) is 0 Å². The zero-order valence-corrected chi connectivity index (χ0v) is 12.9. The van der Waals surface area contributed by atoms with Crippen molar-refractivity contribution < 1.29 is 4.79 Å². The number of anilines is 1. The molecule has 0 bridgehead atoms. The minimum absolute atomic E-state index is 0. The lowest BCUT2D eigenvalue weighted by molar-refractivity contribution is -0.116. The summed E-state index contributed by atoms with van der Waals surface area (Å²) in [6.07, 6.45) is 1.65. The molecule has 20 heavy (non-hydrogen) atoms. The van der Waals surface area contributed by atoms with E-state index < -0.39 is 0 Å². The summed E-state index contributed by atoms with van der Waals surface area (Å²) < 4.78 is 0. The van der Waals surface area contributed by atoms with E-state index in [0.717, 1.165) is 38.3 Å². The molecule has 0 aromatic heterocycles. The zero-order valence-electron chi connectivity index (χ0n) is 11.3. The molecule has 1 unspecified atom stereocenters. The molecule has 4 nitrogen and oxygen atoms in total. The highest BCUT2D eigenvalue weighted by Crippen LogP contribution is 2.16. The maximum atomic E-state index is 11.8. The highest BCUT2D eigenvalue weighted by Gasteiger charge is 2.21. The topological polar surface area (TPSA) is 58.4 Å². The van der Waals surface area contributed by atoms with E-state index in [0.29, 0.717) is 17.4 Å². The molecule has 1 aromatic carbocycles. The van der Waals surface area contributed by atoms with Crippen LogP contribution in [0.4, 0.5) is 5.69 Å². The monoisotopic (exact) mass is 317 g/mol. The Morgan fingerprint density at radius 3 is 2.95 bits per heavy atom. The van der Waals surface area contributed by atoms with Crippen LogP contribution in [0.15, 0.2) is 24.3 Å². The van der Waals surface area contributed by atoms with Gasteiger partial charge in [-0.2, -0.15) is 0 Å². The van der Waals surface area contributed by atoms with Crippen LogP contribution in [-0.2, 0) is 4.79 Å². The normalized spacial score (nSPS) is 18.6. The fourth-order valence-corrected chi connectivity index (χ4v) is 2.55. The van der Waals surface area contributed by atoms with Gasteiger partial charge in [0.2, 0.25) is 5.91 Å². The molecule has 0 aliphatic carbocycles. The SMILES string of the molecule is Cl.NCC1CCN(CCC(=O)Nc2cccc(Cl)c2)C1. The van der Waals surface area contributed by atoms with E-state index in [1.807, 2.05) is 12.1 Å². The molecular weight excluding hydrogens is 297 g/mol. The number of nitrogens with one attached hydrogen (secondary N) is 1. The molecule has 0 spiro atoms. The molecule has 1 saturated heterocycles. The Bertz CT molecular complexity index is 442. The maximum Gasteiger partial charge on any atom is 0.225 e. The van der Waals surface area contributed by atoms with Crippen LogP contribution >= 0.6 is 24.0 Å². The third kappa shape index (κ3) is 5.29. The number of likely N-dealkylation sites (tertiary alicyclic amines) is 1. The van der Waals surface area contributed by atoms with Crippen LogP contribution in [0.2, 0.25) is 5.02 Å². The second kappa shape index (κ2) is 8.47. The fraction of sp³-hybridized carbons (Fsp3) is 0.500.